The summed E-state index contributed by atoms with van der Waals surface area (Å²) in [6, 6.07) is 20.1. The number of hydrogen-bond donors (Lipinski definition) is 1. The molecular weight excluding hydrogens is 445 g/mol. The highest BCUT2D eigenvalue weighted by molar-refractivity contribution is 7.99. The number of halogens is 1. The molecule has 32 heavy (non-hydrogen) atoms. The van der Waals surface area contributed by atoms with Gasteiger partial charge in [-0.3, -0.25) is 4.79 Å². The summed E-state index contributed by atoms with van der Waals surface area (Å²) in [6.07, 6.45) is 0.709. The summed E-state index contributed by atoms with van der Waals surface area (Å²) in [5.41, 5.74) is 1.93. The Balaban J connectivity index is 1.53. The van der Waals surface area contributed by atoms with Crippen LogP contribution in [0.1, 0.15) is 11.1 Å². The average molecular weight is 464 g/mol. The lowest BCUT2D eigenvalue weighted by Crippen LogP contribution is -2.14. The summed E-state index contributed by atoms with van der Waals surface area (Å²) in [5, 5.41) is 23.1. The van der Waals surface area contributed by atoms with Gasteiger partial charge in [-0.05, 0) is 35.6 Å². The number of carbonyl (C=O) groups excluding carboxylic acids is 1. The zero-order chi connectivity index (χ0) is 22.3. The van der Waals surface area contributed by atoms with E-state index in [1.54, 1.807) is 29.6 Å². The summed E-state index contributed by atoms with van der Waals surface area (Å²) >= 11 is 2.52. The molecule has 0 bridgehead atoms. The molecule has 4 rings (SSSR count). The molecule has 0 atom stereocenters. The molecule has 0 fully saturated rings. The topological polar surface area (TPSA) is 83.6 Å². The second-order valence-electron chi connectivity index (χ2n) is 6.79. The van der Waals surface area contributed by atoms with Gasteiger partial charge in [0.25, 0.3) is 0 Å². The molecule has 0 aliphatic rings. The van der Waals surface area contributed by atoms with E-state index in [0.717, 1.165) is 5.56 Å². The second-order valence-corrected chi connectivity index (χ2v) is 8.64. The molecule has 0 saturated heterocycles. The number of benzene rings is 2. The molecule has 0 aliphatic heterocycles. The summed E-state index contributed by atoms with van der Waals surface area (Å²) in [4.78, 5) is 12.4. The van der Waals surface area contributed by atoms with Crippen molar-refractivity contribution in [1.82, 2.24) is 14.8 Å². The number of hydrogen-bond acceptors (Lipinski definition) is 6. The van der Waals surface area contributed by atoms with Crippen LogP contribution in [0.5, 0.6) is 0 Å². The molecule has 0 radical (unpaired) electrons. The standard InChI is InChI=1S/C23H18FN5OS2/c24-19-9-5-4-8-18(19)21-27-28-23(29(21)12-10-16-6-2-1-3-7-16)32-15-20(30)26-22-17(14-25)11-13-31-22/h1-9,11,13H,10,12,15H2,(H,26,30). The Morgan fingerprint density at radius 1 is 1.12 bits per heavy atom. The first kappa shape index (κ1) is 21.7. The van der Waals surface area contributed by atoms with E-state index in [4.69, 9.17) is 5.26 Å². The predicted octanol–water partition coefficient (Wildman–Crippen LogP) is 4.99. The second kappa shape index (κ2) is 10.2. The van der Waals surface area contributed by atoms with E-state index in [1.807, 2.05) is 41.0 Å². The van der Waals surface area contributed by atoms with Gasteiger partial charge in [0.05, 0.1) is 16.9 Å². The lowest BCUT2D eigenvalue weighted by Gasteiger charge is -2.11. The third-order valence-corrected chi connectivity index (χ3v) is 6.47. The van der Waals surface area contributed by atoms with Gasteiger partial charge in [0.15, 0.2) is 11.0 Å². The number of aryl methyl sites for hydroxylation is 1. The number of thioether (sulfide) groups is 1. The van der Waals surface area contributed by atoms with Gasteiger partial charge in [0.2, 0.25) is 5.91 Å². The number of anilines is 1. The first-order valence-electron chi connectivity index (χ1n) is 9.78. The Kier molecular flexibility index (Phi) is 6.94. The van der Waals surface area contributed by atoms with Crippen molar-refractivity contribution in [3.8, 4) is 17.5 Å². The van der Waals surface area contributed by atoms with Crippen molar-refractivity contribution in [3.63, 3.8) is 0 Å². The number of nitriles is 1. The highest BCUT2D eigenvalue weighted by atomic mass is 32.2. The van der Waals surface area contributed by atoms with E-state index in [2.05, 4.69) is 15.5 Å². The summed E-state index contributed by atoms with van der Waals surface area (Å²) in [5.74, 6) is -0.119. The van der Waals surface area contributed by atoms with Crippen LogP contribution in [0, 0.1) is 17.1 Å². The average Bonchev–Trinajstić information content (AvgIpc) is 3.43. The largest absolute Gasteiger partial charge is 0.316 e. The zero-order valence-corrected chi connectivity index (χ0v) is 18.5. The number of thiophene rings is 1. The fourth-order valence-corrected chi connectivity index (χ4v) is 4.63. The van der Waals surface area contributed by atoms with E-state index in [-0.39, 0.29) is 17.5 Å². The van der Waals surface area contributed by atoms with Crippen molar-refractivity contribution in [2.45, 2.75) is 18.1 Å². The number of nitrogens with zero attached hydrogens (tertiary/aromatic N) is 4. The molecule has 0 saturated carbocycles. The van der Waals surface area contributed by atoms with Gasteiger partial charge in [0, 0.05) is 6.54 Å². The van der Waals surface area contributed by atoms with Crippen LogP contribution in [0.15, 0.2) is 71.2 Å². The molecule has 160 valence electrons. The van der Waals surface area contributed by atoms with Crippen LogP contribution in [0.4, 0.5) is 9.39 Å². The minimum atomic E-state index is -0.378. The van der Waals surface area contributed by atoms with E-state index in [1.165, 1.54) is 29.2 Å². The third-order valence-electron chi connectivity index (χ3n) is 4.67. The highest BCUT2D eigenvalue weighted by Gasteiger charge is 2.18. The van der Waals surface area contributed by atoms with Gasteiger partial charge in [-0.1, -0.05) is 54.2 Å². The molecule has 2 aromatic carbocycles. The van der Waals surface area contributed by atoms with Crippen LogP contribution in [-0.2, 0) is 17.8 Å². The van der Waals surface area contributed by atoms with E-state index in [0.29, 0.717) is 40.1 Å². The van der Waals surface area contributed by atoms with Gasteiger partial charge < -0.3 is 9.88 Å². The molecular formula is C23H18FN5OS2. The number of aromatic nitrogens is 3. The van der Waals surface area contributed by atoms with Crippen LogP contribution < -0.4 is 5.32 Å². The predicted molar refractivity (Wildman–Crippen MR) is 124 cm³/mol. The van der Waals surface area contributed by atoms with Crippen molar-refractivity contribution in [1.29, 1.82) is 5.26 Å². The van der Waals surface area contributed by atoms with Gasteiger partial charge in [0.1, 0.15) is 16.9 Å². The van der Waals surface area contributed by atoms with Crippen molar-refractivity contribution in [2.75, 3.05) is 11.1 Å². The Morgan fingerprint density at radius 3 is 2.69 bits per heavy atom. The maximum absolute atomic E-state index is 14.4. The molecule has 0 aliphatic carbocycles. The van der Waals surface area contributed by atoms with Gasteiger partial charge >= 0.3 is 0 Å². The van der Waals surface area contributed by atoms with Crippen LogP contribution in [0.3, 0.4) is 0 Å². The molecule has 9 heteroatoms. The fraction of sp³-hybridized carbons (Fsp3) is 0.130. The van der Waals surface area contributed by atoms with Gasteiger partial charge in [-0.25, -0.2) is 4.39 Å². The lowest BCUT2D eigenvalue weighted by molar-refractivity contribution is -0.113. The monoisotopic (exact) mass is 463 g/mol. The van der Waals surface area contributed by atoms with Crippen molar-refractivity contribution in [2.24, 2.45) is 0 Å². The lowest BCUT2D eigenvalue weighted by atomic mass is 10.1. The van der Waals surface area contributed by atoms with Crippen molar-refractivity contribution in [3.05, 3.63) is 83.0 Å². The molecule has 0 unspecified atom stereocenters. The smallest absolute Gasteiger partial charge is 0.235 e. The number of carbonyl (C=O) groups is 1. The molecule has 0 spiro atoms. The number of rotatable bonds is 8. The fourth-order valence-electron chi connectivity index (χ4n) is 3.11. The van der Waals surface area contributed by atoms with Crippen molar-refractivity contribution < 1.29 is 9.18 Å². The van der Waals surface area contributed by atoms with E-state index >= 15 is 0 Å². The summed E-state index contributed by atoms with van der Waals surface area (Å²) in [6.45, 7) is 0.536. The highest BCUT2D eigenvalue weighted by Crippen LogP contribution is 2.27. The Labute approximate surface area is 192 Å². The Bertz CT molecular complexity index is 1260. The van der Waals surface area contributed by atoms with Crippen LogP contribution in [-0.4, -0.2) is 26.4 Å². The zero-order valence-electron chi connectivity index (χ0n) is 16.9. The quantitative estimate of drug-likeness (QED) is 0.372. The first-order chi connectivity index (χ1) is 15.7. The van der Waals surface area contributed by atoms with Crippen LogP contribution >= 0.6 is 23.1 Å². The molecule has 1 amide bonds. The molecule has 1 N–H and O–H groups in total. The minimum Gasteiger partial charge on any atom is -0.316 e. The molecule has 4 aromatic rings. The Hall–Kier alpha value is -3.48. The summed E-state index contributed by atoms with van der Waals surface area (Å²) in [7, 11) is 0. The van der Waals surface area contributed by atoms with Crippen LogP contribution in [0.25, 0.3) is 11.4 Å². The van der Waals surface area contributed by atoms with Crippen molar-refractivity contribution >= 4 is 34.0 Å². The minimum absolute atomic E-state index is 0.0868. The maximum Gasteiger partial charge on any atom is 0.235 e. The number of nitrogens with one attached hydrogen (secondary N) is 1. The van der Waals surface area contributed by atoms with E-state index in [9.17, 15) is 9.18 Å². The third kappa shape index (κ3) is 5.04. The normalized spacial score (nSPS) is 10.6. The SMILES string of the molecule is N#Cc1ccsc1NC(=O)CSc1nnc(-c2ccccc2F)n1CCc1ccccc1. The van der Waals surface area contributed by atoms with Gasteiger partial charge in [-0.15, -0.1) is 21.5 Å². The maximum atomic E-state index is 14.4. The number of amides is 1. The first-order valence-corrected chi connectivity index (χ1v) is 11.6. The van der Waals surface area contributed by atoms with E-state index < -0.39 is 0 Å². The summed E-state index contributed by atoms with van der Waals surface area (Å²) < 4.78 is 16.3. The van der Waals surface area contributed by atoms with Gasteiger partial charge in [-0.2, -0.15) is 5.26 Å². The molecule has 6 nitrogen and oxygen atoms in total. The Morgan fingerprint density at radius 2 is 1.91 bits per heavy atom. The molecule has 2 aromatic heterocycles. The molecule has 2 heterocycles. The van der Waals surface area contributed by atoms with Crippen LogP contribution in [0.2, 0.25) is 0 Å².